The molecule has 0 radical (unpaired) electrons. The first-order valence-electron chi connectivity index (χ1n) is 5.08. The number of amides is 1. The number of likely N-dealkylation sites (N-methyl/N-ethyl adjacent to an activating group) is 1. The van der Waals surface area contributed by atoms with Gasteiger partial charge in [-0.05, 0) is 36.5 Å². The molecule has 1 aromatic rings. The summed E-state index contributed by atoms with van der Waals surface area (Å²) in [6.07, 6.45) is 0. The van der Waals surface area contributed by atoms with Gasteiger partial charge in [0.25, 0.3) is 0 Å². The van der Waals surface area contributed by atoms with Crippen LogP contribution < -0.4 is 5.32 Å². The maximum Gasteiger partial charge on any atom is 0.333 e. The molecule has 1 heterocycles. The Balaban J connectivity index is 2.72. The van der Waals surface area contributed by atoms with Crippen LogP contribution in [0.25, 0.3) is 0 Å². The van der Waals surface area contributed by atoms with Crippen molar-refractivity contribution in [2.45, 2.75) is 6.04 Å². The molecule has 0 spiro atoms. The average molecular weight is 256 g/mol. The molecular weight excluding hydrogens is 240 g/mol. The van der Waals surface area contributed by atoms with Crippen LogP contribution in [-0.4, -0.2) is 44.5 Å². The lowest BCUT2D eigenvalue weighted by atomic mass is 10.1. The molecule has 0 fully saturated rings. The topological polar surface area (TPSA) is 58.6 Å². The van der Waals surface area contributed by atoms with Crippen LogP contribution in [0.3, 0.4) is 0 Å². The number of ether oxygens (including phenoxy) is 1. The lowest BCUT2D eigenvalue weighted by Crippen LogP contribution is -2.39. The number of esters is 1. The van der Waals surface area contributed by atoms with Gasteiger partial charge in [-0.15, -0.1) is 0 Å². The van der Waals surface area contributed by atoms with Gasteiger partial charge < -0.3 is 15.0 Å². The summed E-state index contributed by atoms with van der Waals surface area (Å²) in [5.74, 6) is -0.674. The molecule has 0 bridgehead atoms. The van der Waals surface area contributed by atoms with Crippen molar-refractivity contribution < 1.29 is 14.3 Å². The predicted octanol–water partition coefficient (Wildman–Crippen LogP) is 0.640. The zero-order chi connectivity index (χ0) is 12.8. The van der Waals surface area contributed by atoms with E-state index in [1.807, 2.05) is 10.8 Å². The summed E-state index contributed by atoms with van der Waals surface area (Å²) in [5, 5.41) is 6.32. The molecule has 0 saturated heterocycles. The molecule has 0 aliphatic carbocycles. The number of methoxy groups -OCH3 is 1. The fourth-order valence-corrected chi connectivity index (χ4v) is 2.02. The molecule has 17 heavy (non-hydrogen) atoms. The average Bonchev–Trinajstić information content (AvgIpc) is 2.77. The van der Waals surface area contributed by atoms with Gasteiger partial charge in [0.2, 0.25) is 5.91 Å². The maximum atomic E-state index is 11.6. The van der Waals surface area contributed by atoms with Crippen LogP contribution in [0.5, 0.6) is 0 Å². The van der Waals surface area contributed by atoms with Crippen LogP contribution in [0.2, 0.25) is 0 Å². The fourth-order valence-electron chi connectivity index (χ4n) is 1.33. The Morgan fingerprint density at radius 2 is 2.24 bits per heavy atom. The molecule has 0 aliphatic rings. The van der Waals surface area contributed by atoms with Crippen LogP contribution in [0.4, 0.5) is 0 Å². The highest BCUT2D eigenvalue weighted by atomic mass is 32.1. The Hall–Kier alpha value is -1.40. The molecular formula is C11H16N2O3S. The highest BCUT2D eigenvalue weighted by Crippen LogP contribution is 2.17. The number of hydrogen-bond donors (Lipinski definition) is 1. The summed E-state index contributed by atoms with van der Waals surface area (Å²) < 4.78 is 4.68. The van der Waals surface area contributed by atoms with E-state index in [1.54, 1.807) is 25.1 Å². The number of nitrogens with zero attached hydrogens (tertiary/aromatic N) is 1. The van der Waals surface area contributed by atoms with Crippen molar-refractivity contribution in [3.05, 3.63) is 22.4 Å². The second kappa shape index (κ2) is 6.36. The Labute approximate surface area is 104 Å². The van der Waals surface area contributed by atoms with Crippen LogP contribution in [0.1, 0.15) is 11.6 Å². The monoisotopic (exact) mass is 256 g/mol. The van der Waals surface area contributed by atoms with Crippen LogP contribution in [0.15, 0.2) is 16.8 Å². The summed E-state index contributed by atoms with van der Waals surface area (Å²) in [6, 6.07) is 1.07. The Bertz CT molecular complexity index is 376. The van der Waals surface area contributed by atoms with E-state index in [9.17, 15) is 9.59 Å². The second-order valence-electron chi connectivity index (χ2n) is 3.82. The van der Waals surface area contributed by atoms with Crippen LogP contribution >= 0.6 is 11.3 Å². The molecule has 5 nitrogen and oxygen atoms in total. The number of rotatable bonds is 5. The maximum absolute atomic E-state index is 11.6. The molecule has 6 heteroatoms. The molecule has 94 valence electrons. The van der Waals surface area contributed by atoms with Gasteiger partial charge in [-0.25, -0.2) is 4.79 Å². The van der Waals surface area contributed by atoms with E-state index in [0.29, 0.717) is 0 Å². The second-order valence-corrected chi connectivity index (χ2v) is 4.60. The first-order chi connectivity index (χ1) is 8.04. The first-order valence-corrected chi connectivity index (χ1v) is 6.03. The number of thiophene rings is 1. The Morgan fingerprint density at radius 3 is 2.71 bits per heavy atom. The number of nitrogens with one attached hydrogen (secondary N) is 1. The van der Waals surface area contributed by atoms with Crippen molar-refractivity contribution in [3.8, 4) is 0 Å². The third-order valence-electron chi connectivity index (χ3n) is 2.08. The third-order valence-corrected chi connectivity index (χ3v) is 2.78. The highest BCUT2D eigenvalue weighted by molar-refractivity contribution is 7.08. The zero-order valence-corrected chi connectivity index (χ0v) is 10.9. The smallest absolute Gasteiger partial charge is 0.333 e. The minimum absolute atomic E-state index is 0.211. The Kier molecular flexibility index (Phi) is 5.11. The normalized spacial score (nSPS) is 12.2. The van der Waals surface area contributed by atoms with Gasteiger partial charge in [-0.3, -0.25) is 4.79 Å². The van der Waals surface area contributed by atoms with Gasteiger partial charge in [-0.2, -0.15) is 11.3 Å². The van der Waals surface area contributed by atoms with Gasteiger partial charge in [0.05, 0.1) is 13.7 Å². The summed E-state index contributed by atoms with van der Waals surface area (Å²) >= 11 is 1.47. The molecule has 1 atom stereocenters. The SMILES string of the molecule is COC(=O)C(NC(=O)CN(C)C)c1ccsc1. The molecule has 0 aromatic carbocycles. The highest BCUT2D eigenvalue weighted by Gasteiger charge is 2.23. The summed E-state index contributed by atoms with van der Waals surface area (Å²) in [4.78, 5) is 24.9. The number of hydrogen-bond acceptors (Lipinski definition) is 5. The first kappa shape index (κ1) is 13.7. The van der Waals surface area contributed by atoms with E-state index in [-0.39, 0.29) is 12.5 Å². The standard InChI is InChI=1S/C11H16N2O3S/c1-13(2)6-9(14)12-10(11(15)16-3)8-4-5-17-7-8/h4-5,7,10H,6H2,1-3H3,(H,12,14). The van der Waals surface area contributed by atoms with E-state index in [1.165, 1.54) is 18.4 Å². The summed E-state index contributed by atoms with van der Waals surface area (Å²) in [5.41, 5.74) is 0.744. The Morgan fingerprint density at radius 1 is 1.53 bits per heavy atom. The minimum Gasteiger partial charge on any atom is -0.467 e. The van der Waals surface area contributed by atoms with Gasteiger partial charge >= 0.3 is 5.97 Å². The van der Waals surface area contributed by atoms with Gasteiger partial charge in [-0.1, -0.05) is 0 Å². The van der Waals surface area contributed by atoms with Crippen LogP contribution in [-0.2, 0) is 14.3 Å². The molecule has 1 rings (SSSR count). The molecule has 1 N–H and O–H groups in total. The quantitative estimate of drug-likeness (QED) is 0.785. The lowest BCUT2D eigenvalue weighted by Gasteiger charge is -2.17. The van der Waals surface area contributed by atoms with Gasteiger partial charge in [0.15, 0.2) is 6.04 Å². The van der Waals surface area contributed by atoms with Crippen molar-refractivity contribution in [2.24, 2.45) is 0 Å². The summed E-state index contributed by atoms with van der Waals surface area (Å²) in [7, 11) is 4.88. The molecule has 0 aliphatic heterocycles. The fraction of sp³-hybridized carbons (Fsp3) is 0.455. The van der Waals surface area contributed by atoms with Crippen molar-refractivity contribution in [3.63, 3.8) is 0 Å². The van der Waals surface area contributed by atoms with Gasteiger partial charge in [0, 0.05) is 0 Å². The minimum atomic E-state index is -0.723. The zero-order valence-electron chi connectivity index (χ0n) is 10.1. The third kappa shape index (κ3) is 4.16. The van der Waals surface area contributed by atoms with E-state index in [0.717, 1.165) is 5.56 Å². The van der Waals surface area contributed by atoms with E-state index in [2.05, 4.69) is 10.1 Å². The van der Waals surface area contributed by atoms with Crippen molar-refractivity contribution in [1.82, 2.24) is 10.2 Å². The van der Waals surface area contributed by atoms with Crippen molar-refractivity contribution >= 4 is 23.2 Å². The molecule has 1 amide bonds. The van der Waals surface area contributed by atoms with Gasteiger partial charge in [0.1, 0.15) is 0 Å². The van der Waals surface area contributed by atoms with Crippen molar-refractivity contribution in [2.75, 3.05) is 27.7 Å². The van der Waals surface area contributed by atoms with Crippen molar-refractivity contribution in [1.29, 1.82) is 0 Å². The molecule has 0 saturated carbocycles. The number of carbonyl (C=O) groups excluding carboxylic acids is 2. The van der Waals surface area contributed by atoms with E-state index < -0.39 is 12.0 Å². The largest absolute Gasteiger partial charge is 0.467 e. The number of carbonyl (C=O) groups is 2. The van der Waals surface area contributed by atoms with Crippen LogP contribution in [0, 0.1) is 0 Å². The van der Waals surface area contributed by atoms with E-state index in [4.69, 9.17) is 0 Å². The lowest BCUT2D eigenvalue weighted by molar-refractivity contribution is -0.145. The molecule has 1 aromatic heterocycles. The molecule has 1 unspecified atom stereocenters. The summed E-state index contributed by atoms with van der Waals surface area (Å²) in [6.45, 7) is 0.234. The van der Waals surface area contributed by atoms with E-state index >= 15 is 0 Å². The predicted molar refractivity (Wildman–Crippen MR) is 65.8 cm³/mol.